The normalized spacial score (nSPS) is 11.8. The van der Waals surface area contributed by atoms with Crippen LogP contribution in [0.4, 0.5) is 0 Å². The molecule has 1 aromatic heterocycles. The first kappa shape index (κ1) is 14.5. The third kappa shape index (κ3) is 2.67. The molecule has 0 amide bonds. The van der Waals surface area contributed by atoms with Crippen molar-refractivity contribution in [1.29, 1.82) is 0 Å². The number of aryl methyl sites for hydroxylation is 1. The maximum atomic E-state index is 12.4. The third-order valence-corrected chi connectivity index (χ3v) is 4.72. The lowest BCUT2D eigenvalue weighted by Crippen LogP contribution is -2.12. The van der Waals surface area contributed by atoms with Crippen molar-refractivity contribution < 1.29 is 13.2 Å². The summed E-state index contributed by atoms with van der Waals surface area (Å²) in [4.78, 5) is 12.1. The van der Waals surface area contributed by atoms with E-state index in [4.69, 9.17) is 0 Å². The quantitative estimate of drug-likeness (QED) is 0.814. The summed E-state index contributed by atoms with van der Waals surface area (Å²) in [6.45, 7) is 5.47. The monoisotopic (exact) mass is 291 g/mol. The first-order valence-electron chi connectivity index (χ1n) is 6.37. The molecular weight excluding hydrogens is 274 g/mol. The summed E-state index contributed by atoms with van der Waals surface area (Å²) >= 11 is 0. The van der Waals surface area contributed by atoms with Crippen molar-refractivity contribution in [3.05, 3.63) is 53.9 Å². The second-order valence-electron chi connectivity index (χ2n) is 5.07. The van der Waals surface area contributed by atoms with E-state index in [9.17, 15) is 13.2 Å². The van der Waals surface area contributed by atoms with Crippen LogP contribution in [0.2, 0.25) is 0 Å². The number of ketones is 1. The Labute approximate surface area is 119 Å². The lowest BCUT2D eigenvalue weighted by Gasteiger charge is -2.06. The van der Waals surface area contributed by atoms with Crippen molar-refractivity contribution in [2.75, 3.05) is 0 Å². The first-order valence-corrected chi connectivity index (χ1v) is 7.81. The van der Waals surface area contributed by atoms with Crippen LogP contribution in [-0.4, -0.2) is 18.2 Å². The highest BCUT2D eigenvalue weighted by atomic mass is 32.2. The van der Waals surface area contributed by atoms with Crippen molar-refractivity contribution in [3.63, 3.8) is 0 Å². The van der Waals surface area contributed by atoms with Crippen molar-refractivity contribution in [2.24, 2.45) is 5.92 Å². The van der Waals surface area contributed by atoms with Gasteiger partial charge in [0.2, 0.25) is 0 Å². The van der Waals surface area contributed by atoms with Gasteiger partial charge in [-0.15, -0.1) is 0 Å². The molecule has 0 saturated heterocycles. The van der Waals surface area contributed by atoms with Crippen LogP contribution in [0, 0.1) is 12.8 Å². The lowest BCUT2D eigenvalue weighted by atomic mass is 10.0. The Morgan fingerprint density at radius 2 is 1.70 bits per heavy atom. The molecule has 0 atom stereocenters. The maximum Gasteiger partial charge on any atom is 0.267 e. The van der Waals surface area contributed by atoms with Crippen LogP contribution in [0.15, 0.2) is 47.6 Å². The molecule has 5 heteroatoms. The van der Waals surface area contributed by atoms with Gasteiger partial charge in [0.15, 0.2) is 5.78 Å². The molecule has 0 fully saturated rings. The standard InChI is InChI=1S/C15H17NO3S/c1-11(2)15(17)13-8-9-16(10-13)20(18,19)14-6-4-12(3)5-7-14/h4-11H,1-3H3. The summed E-state index contributed by atoms with van der Waals surface area (Å²) in [6, 6.07) is 8.16. The van der Waals surface area contributed by atoms with Gasteiger partial charge in [0, 0.05) is 23.9 Å². The van der Waals surface area contributed by atoms with E-state index in [2.05, 4.69) is 0 Å². The zero-order valence-corrected chi connectivity index (χ0v) is 12.5. The Morgan fingerprint density at radius 1 is 1.10 bits per heavy atom. The fourth-order valence-electron chi connectivity index (χ4n) is 1.84. The minimum absolute atomic E-state index is 0.0668. The van der Waals surface area contributed by atoms with E-state index in [1.807, 2.05) is 6.92 Å². The van der Waals surface area contributed by atoms with Gasteiger partial charge in [-0.1, -0.05) is 31.5 Å². The molecule has 0 spiro atoms. The number of benzene rings is 1. The zero-order chi connectivity index (χ0) is 14.9. The number of carbonyl (C=O) groups excluding carboxylic acids is 1. The summed E-state index contributed by atoms with van der Waals surface area (Å²) in [5.74, 6) is -0.226. The molecule has 0 aliphatic rings. The van der Waals surface area contributed by atoms with Crippen molar-refractivity contribution in [1.82, 2.24) is 3.97 Å². The van der Waals surface area contributed by atoms with Crippen LogP contribution in [0.1, 0.15) is 29.8 Å². The Hall–Kier alpha value is -1.88. The van der Waals surface area contributed by atoms with E-state index < -0.39 is 10.0 Å². The molecule has 106 valence electrons. The predicted molar refractivity (Wildman–Crippen MR) is 77.4 cm³/mol. The van der Waals surface area contributed by atoms with E-state index in [-0.39, 0.29) is 16.6 Å². The van der Waals surface area contributed by atoms with Crippen LogP contribution in [0.3, 0.4) is 0 Å². The summed E-state index contributed by atoms with van der Waals surface area (Å²) in [6.07, 6.45) is 2.78. The molecule has 1 heterocycles. The number of nitrogens with zero attached hydrogens (tertiary/aromatic N) is 1. The number of Topliss-reactive ketones (excluding diaryl/α,β-unsaturated/α-hetero) is 1. The van der Waals surface area contributed by atoms with Gasteiger partial charge in [0.25, 0.3) is 10.0 Å². The Kier molecular flexibility index (Phi) is 3.81. The minimum atomic E-state index is -3.63. The zero-order valence-electron chi connectivity index (χ0n) is 11.7. The average Bonchev–Trinajstić information content (AvgIpc) is 2.88. The number of aromatic nitrogens is 1. The van der Waals surface area contributed by atoms with Gasteiger partial charge in [-0.3, -0.25) is 4.79 Å². The van der Waals surface area contributed by atoms with Crippen molar-refractivity contribution in [3.8, 4) is 0 Å². The summed E-state index contributed by atoms with van der Waals surface area (Å²) < 4.78 is 25.9. The lowest BCUT2D eigenvalue weighted by molar-refractivity contribution is 0.0939. The highest BCUT2D eigenvalue weighted by molar-refractivity contribution is 7.90. The van der Waals surface area contributed by atoms with Crippen LogP contribution in [0.5, 0.6) is 0 Å². The Bertz CT molecular complexity index is 725. The highest BCUT2D eigenvalue weighted by Crippen LogP contribution is 2.17. The molecule has 20 heavy (non-hydrogen) atoms. The van der Waals surface area contributed by atoms with E-state index >= 15 is 0 Å². The summed E-state index contributed by atoms with van der Waals surface area (Å²) in [5.41, 5.74) is 1.41. The number of hydrogen-bond acceptors (Lipinski definition) is 3. The molecular formula is C15H17NO3S. The second kappa shape index (κ2) is 5.25. The smallest absolute Gasteiger partial charge is 0.267 e. The predicted octanol–water partition coefficient (Wildman–Crippen LogP) is 2.87. The average molecular weight is 291 g/mol. The molecule has 0 N–H and O–H groups in total. The van der Waals surface area contributed by atoms with Crippen LogP contribution >= 0.6 is 0 Å². The fourth-order valence-corrected chi connectivity index (χ4v) is 3.03. The minimum Gasteiger partial charge on any atom is -0.294 e. The van der Waals surface area contributed by atoms with E-state index in [1.165, 1.54) is 18.5 Å². The topological polar surface area (TPSA) is 56.1 Å². The molecule has 0 radical (unpaired) electrons. The second-order valence-corrected chi connectivity index (χ2v) is 6.91. The highest BCUT2D eigenvalue weighted by Gasteiger charge is 2.19. The van der Waals surface area contributed by atoms with Crippen LogP contribution in [-0.2, 0) is 10.0 Å². The number of hydrogen-bond donors (Lipinski definition) is 0. The van der Waals surface area contributed by atoms with Crippen molar-refractivity contribution in [2.45, 2.75) is 25.7 Å². The van der Waals surface area contributed by atoms with Gasteiger partial charge in [0.1, 0.15) is 0 Å². The molecule has 4 nitrogen and oxygen atoms in total. The molecule has 0 saturated carbocycles. The molecule has 2 aromatic rings. The van der Waals surface area contributed by atoms with Gasteiger partial charge >= 0.3 is 0 Å². The Morgan fingerprint density at radius 3 is 2.25 bits per heavy atom. The molecule has 0 bridgehead atoms. The molecule has 1 aromatic carbocycles. The first-order chi connectivity index (χ1) is 9.32. The van der Waals surface area contributed by atoms with Gasteiger partial charge in [-0.25, -0.2) is 12.4 Å². The summed E-state index contributed by atoms with van der Waals surface area (Å²) in [7, 11) is -3.63. The van der Waals surface area contributed by atoms with Crippen molar-refractivity contribution >= 4 is 15.8 Å². The molecule has 0 aliphatic carbocycles. The maximum absolute atomic E-state index is 12.4. The van der Waals surface area contributed by atoms with Gasteiger partial charge < -0.3 is 0 Å². The molecule has 0 aliphatic heterocycles. The van der Waals surface area contributed by atoms with Crippen LogP contribution in [0.25, 0.3) is 0 Å². The van der Waals surface area contributed by atoms with Gasteiger partial charge in [-0.05, 0) is 25.1 Å². The fraction of sp³-hybridized carbons (Fsp3) is 0.267. The van der Waals surface area contributed by atoms with Gasteiger partial charge in [0.05, 0.1) is 4.90 Å². The third-order valence-electron chi connectivity index (χ3n) is 3.07. The summed E-state index contributed by atoms with van der Waals surface area (Å²) in [5, 5.41) is 0. The SMILES string of the molecule is Cc1ccc(S(=O)(=O)n2ccc(C(=O)C(C)C)c2)cc1. The van der Waals surface area contributed by atoms with Gasteiger partial charge in [-0.2, -0.15) is 0 Å². The van der Waals surface area contributed by atoms with Crippen LogP contribution < -0.4 is 0 Å². The molecule has 2 rings (SSSR count). The largest absolute Gasteiger partial charge is 0.294 e. The number of rotatable bonds is 4. The number of carbonyl (C=O) groups is 1. The Balaban J connectivity index is 2.41. The van der Waals surface area contributed by atoms with E-state index in [0.717, 1.165) is 9.54 Å². The van der Waals surface area contributed by atoms with E-state index in [1.54, 1.807) is 38.1 Å². The molecule has 0 unspecified atom stereocenters. The van der Waals surface area contributed by atoms with E-state index in [0.29, 0.717) is 5.56 Å².